The Morgan fingerprint density at radius 2 is 1.88 bits per heavy atom. The van der Waals surface area contributed by atoms with Gasteiger partial charge in [-0.25, -0.2) is 4.79 Å². The molecule has 24 heavy (non-hydrogen) atoms. The lowest BCUT2D eigenvalue weighted by Gasteiger charge is -2.11. The van der Waals surface area contributed by atoms with Gasteiger partial charge in [0.2, 0.25) is 0 Å². The van der Waals surface area contributed by atoms with Crippen LogP contribution in [0.1, 0.15) is 30.9 Å². The highest BCUT2D eigenvalue weighted by atomic mass is 35.5. The highest BCUT2D eigenvalue weighted by Crippen LogP contribution is 2.19. The molecule has 2 amide bonds. The molecule has 0 aromatic heterocycles. The molecule has 0 saturated carbocycles. The predicted molar refractivity (Wildman–Crippen MR) is 97.7 cm³/mol. The van der Waals surface area contributed by atoms with Crippen LogP contribution in [-0.2, 0) is 6.54 Å². The van der Waals surface area contributed by atoms with Gasteiger partial charge in [0.15, 0.2) is 0 Å². The van der Waals surface area contributed by atoms with E-state index in [-0.39, 0.29) is 6.03 Å². The number of urea groups is 1. The van der Waals surface area contributed by atoms with Crippen LogP contribution in [0.15, 0.2) is 48.5 Å². The molecule has 0 saturated heterocycles. The summed E-state index contributed by atoms with van der Waals surface area (Å²) in [5.41, 5.74) is 2.23. The summed E-state index contributed by atoms with van der Waals surface area (Å²) in [6, 6.07) is 15.2. The zero-order valence-electron chi connectivity index (χ0n) is 14.0. The Labute approximate surface area is 148 Å². The highest BCUT2D eigenvalue weighted by Gasteiger charge is 2.02. The van der Waals surface area contributed by atoms with E-state index in [9.17, 15) is 4.79 Å². The topological polar surface area (TPSA) is 50.4 Å². The fourth-order valence-electron chi connectivity index (χ4n) is 2.14. The standard InChI is InChI=1S/C19H23ClN2O2/c1-14(2)16-4-3-5-18(12-16)24-11-10-21-19(23)22-13-15-6-8-17(20)9-7-15/h3-9,12,14H,10-11,13H2,1-2H3,(H2,21,22,23). The lowest BCUT2D eigenvalue weighted by molar-refractivity contribution is 0.236. The molecule has 0 heterocycles. The monoisotopic (exact) mass is 346 g/mol. The summed E-state index contributed by atoms with van der Waals surface area (Å²) in [7, 11) is 0. The quantitative estimate of drug-likeness (QED) is 0.732. The molecule has 0 aliphatic carbocycles. The molecule has 0 atom stereocenters. The van der Waals surface area contributed by atoms with E-state index in [0.29, 0.717) is 30.6 Å². The molecule has 2 aromatic carbocycles. The summed E-state index contributed by atoms with van der Waals surface area (Å²) in [5.74, 6) is 1.29. The number of carbonyl (C=O) groups excluding carboxylic acids is 1. The second kappa shape index (κ2) is 9.18. The molecule has 0 bridgehead atoms. The van der Waals surface area contributed by atoms with Gasteiger partial charge in [-0.2, -0.15) is 0 Å². The van der Waals surface area contributed by atoms with E-state index in [0.717, 1.165) is 11.3 Å². The average molecular weight is 347 g/mol. The summed E-state index contributed by atoms with van der Waals surface area (Å²) in [6.07, 6.45) is 0. The van der Waals surface area contributed by atoms with Crippen molar-refractivity contribution in [1.82, 2.24) is 10.6 Å². The van der Waals surface area contributed by atoms with Crippen molar-refractivity contribution in [2.75, 3.05) is 13.2 Å². The molecule has 128 valence electrons. The number of hydrogen-bond acceptors (Lipinski definition) is 2. The highest BCUT2D eigenvalue weighted by molar-refractivity contribution is 6.30. The van der Waals surface area contributed by atoms with Gasteiger partial charge in [-0.3, -0.25) is 0 Å². The maximum Gasteiger partial charge on any atom is 0.315 e. The summed E-state index contributed by atoms with van der Waals surface area (Å²) in [4.78, 5) is 11.7. The molecule has 4 nitrogen and oxygen atoms in total. The molecule has 5 heteroatoms. The molecule has 2 rings (SSSR count). The van der Waals surface area contributed by atoms with Crippen LogP contribution in [0.4, 0.5) is 4.79 Å². The Hall–Kier alpha value is -2.20. The van der Waals surface area contributed by atoms with Crippen molar-refractivity contribution in [1.29, 1.82) is 0 Å². The lowest BCUT2D eigenvalue weighted by atomic mass is 10.0. The third-order valence-corrected chi connectivity index (χ3v) is 3.80. The van der Waals surface area contributed by atoms with Gasteiger partial charge in [0.05, 0.1) is 6.54 Å². The molecular weight excluding hydrogens is 324 g/mol. The van der Waals surface area contributed by atoms with Crippen LogP contribution < -0.4 is 15.4 Å². The first-order valence-corrected chi connectivity index (χ1v) is 8.41. The summed E-state index contributed by atoms with van der Waals surface area (Å²) >= 11 is 5.82. The SMILES string of the molecule is CC(C)c1cccc(OCCNC(=O)NCc2ccc(Cl)cc2)c1. The number of nitrogens with one attached hydrogen (secondary N) is 2. The molecule has 2 N–H and O–H groups in total. The van der Waals surface area contributed by atoms with Crippen molar-refractivity contribution in [2.45, 2.75) is 26.3 Å². The maximum atomic E-state index is 11.7. The Kier molecular flexibility index (Phi) is 6.94. The van der Waals surface area contributed by atoms with Gasteiger partial charge >= 0.3 is 6.03 Å². The van der Waals surface area contributed by atoms with Crippen LogP contribution in [0.3, 0.4) is 0 Å². The van der Waals surface area contributed by atoms with Crippen LogP contribution in [-0.4, -0.2) is 19.2 Å². The number of halogens is 1. The number of hydrogen-bond donors (Lipinski definition) is 2. The minimum absolute atomic E-state index is 0.218. The molecule has 0 aliphatic heterocycles. The van der Waals surface area contributed by atoms with Crippen LogP contribution >= 0.6 is 11.6 Å². The first kappa shape index (κ1) is 18.1. The number of ether oxygens (including phenoxy) is 1. The van der Waals surface area contributed by atoms with Crippen LogP contribution in [0, 0.1) is 0 Å². The van der Waals surface area contributed by atoms with Crippen molar-refractivity contribution in [3.63, 3.8) is 0 Å². The van der Waals surface area contributed by atoms with Crippen LogP contribution in [0.25, 0.3) is 0 Å². The van der Waals surface area contributed by atoms with Crippen molar-refractivity contribution in [2.24, 2.45) is 0 Å². The van der Waals surface area contributed by atoms with E-state index < -0.39 is 0 Å². The number of carbonyl (C=O) groups is 1. The van der Waals surface area contributed by atoms with Gasteiger partial charge < -0.3 is 15.4 Å². The van der Waals surface area contributed by atoms with Gasteiger partial charge in [-0.1, -0.05) is 49.7 Å². The predicted octanol–water partition coefficient (Wildman–Crippen LogP) is 4.34. The van der Waals surface area contributed by atoms with Crippen molar-refractivity contribution in [3.8, 4) is 5.75 Å². The first-order chi connectivity index (χ1) is 11.5. The second-order valence-electron chi connectivity index (χ2n) is 5.81. The normalized spacial score (nSPS) is 10.5. The number of rotatable bonds is 7. The molecule has 2 aromatic rings. The van der Waals surface area contributed by atoms with E-state index in [4.69, 9.17) is 16.3 Å². The Morgan fingerprint density at radius 1 is 1.12 bits per heavy atom. The van der Waals surface area contributed by atoms with Gasteiger partial charge in [-0.15, -0.1) is 0 Å². The van der Waals surface area contributed by atoms with Gasteiger partial charge in [0.25, 0.3) is 0 Å². The summed E-state index contributed by atoms with van der Waals surface area (Å²) in [6.45, 7) is 5.62. The molecular formula is C19H23ClN2O2. The van der Waals surface area contributed by atoms with E-state index in [1.54, 1.807) is 12.1 Å². The van der Waals surface area contributed by atoms with Crippen molar-refractivity contribution in [3.05, 3.63) is 64.7 Å². The Bertz CT molecular complexity index is 657. The van der Waals surface area contributed by atoms with Crippen LogP contribution in [0.5, 0.6) is 5.75 Å². The lowest BCUT2D eigenvalue weighted by Crippen LogP contribution is -2.37. The van der Waals surface area contributed by atoms with Crippen LogP contribution in [0.2, 0.25) is 5.02 Å². The minimum Gasteiger partial charge on any atom is -0.492 e. The largest absolute Gasteiger partial charge is 0.492 e. The third-order valence-electron chi connectivity index (χ3n) is 3.55. The van der Waals surface area contributed by atoms with Crippen molar-refractivity contribution < 1.29 is 9.53 Å². The molecule has 0 radical (unpaired) electrons. The minimum atomic E-state index is -0.218. The van der Waals surface area contributed by atoms with Gasteiger partial charge in [0, 0.05) is 11.6 Å². The molecule has 0 fully saturated rings. The van der Waals surface area contributed by atoms with E-state index in [2.05, 4.69) is 30.5 Å². The molecule has 0 spiro atoms. The Morgan fingerprint density at radius 3 is 2.58 bits per heavy atom. The van der Waals surface area contributed by atoms with Gasteiger partial charge in [0.1, 0.15) is 12.4 Å². The molecule has 0 unspecified atom stereocenters. The Balaban J connectivity index is 1.65. The smallest absolute Gasteiger partial charge is 0.315 e. The second-order valence-corrected chi connectivity index (χ2v) is 6.25. The number of benzene rings is 2. The third kappa shape index (κ3) is 6.13. The van der Waals surface area contributed by atoms with E-state index in [1.807, 2.05) is 30.3 Å². The maximum absolute atomic E-state index is 11.7. The summed E-state index contributed by atoms with van der Waals surface area (Å²) in [5, 5.41) is 6.25. The zero-order valence-corrected chi connectivity index (χ0v) is 14.8. The fraction of sp³-hybridized carbons (Fsp3) is 0.316. The summed E-state index contributed by atoms with van der Waals surface area (Å²) < 4.78 is 5.67. The fourth-order valence-corrected chi connectivity index (χ4v) is 2.27. The first-order valence-electron chi connectivity index (χ1n) is 8.03. The van der Waals surface area contributed by atoms with E-state index >= 15 is 0 Å². The average Bonchev–Trinajstić information content (AvgIpc) is 2.58. The zero-order chi connectivity index (χ0) is 17.4. The number of amides is 2. The van der Waals surface area contributed by atoms with Crippen molar-refractivity contribution >= 4 is 17.6 Å². The van der Waals surface area contributed by atoms with E-state index in [1.165, 1.54) is 5.56 Å². The van der Waals surface area contributed by atoms with Gasteiger partial charge in [-0.05, 0) is 41.3 Å². The molecule has 0 aliphatic rings.